The number of rotatable bonds is 4. The Labute approximate surface area is 174 Å². The number of nitrogens with zero attached hydrogens (tertiary/aromatic N) is 2. The maximum atomic E-state index is 13.6. The van der Waals surface area contributed by atoms with E-state index in [2.05, 4.69) is 46.8 Å². The zero-order valence-electron chi connectivity index (χ0n) is 16.4. The largest absolute Gasteiger partial charge is 0.296 e. The molecule has 4 heteroatoms. The first-order valence-corrected chi connectivity index (χ1v) is 11.6. The normalized spacial score (nSPS) is 22.3. The Hall–Kier alpha value is -2.46. The molecular formula is C25H24N2OS. The predicted octanol–water partition coefficient (Wildman–Crippen LogP) is 6.58. The number of Topliss-reactive ketones (excluding diaryl/α,β-unsaturated/α-hetero) is 1. The number of pyridine rings is 1. The van der Waals surface area contributed by atoms with Crippen molar-refractivity contribution in [3.05, 3.63) is 71.1 Å². The first-order valence-electron chi connectivity index (χ1n) is 10.7. The van der Waals surface area contributed by atoms with E-state index in [1.54, 1.807) is 11.3 Å². The van der Waals surface area contributed by atoms with Crippen LogP contribution in [-0.4, -0.2) is 15.2 Å². The third-order valence-corrected chi connectivity index (χ3v) is 7.81. The fraction of sp³-hybridized carbons (Fsp3) is 0.360. The lowest BCUT2D eigenvalue weighted by Crippen LogP contribution is -2.24. The third-order valence-electron chi connectivity index (χ3n) is 6.91. The maximum Gasteiger partial charge on any atom is 0.182 e. The fourth-order valence-corrected chi connectivity index (χ4v) is 5.89. The number of benzene rings is 1. The zero-order chi connectivity index (χ0) is 19.4. The summed E-state index contributed by atoms with van der Waals surface area (Å²) in [5.74, 6) is 1.62. The number of thiophene rings is 1. The average Bonchev–Trinajstić information content (AvgIpc) is 3.30. The first kappa shape index (κ1) is 17.4. The number of fused-ring (bicyclic) bond motifs is 2. The Kier molecular flexibility index (Phi) is 4.08. The van der Waals surface area contributed by atoms with Gasteiger partial charge in [-0.05, 0) is 90.5 Å². The summed E-state index contributed by atoms with van der Waals surface area (Å²) in [5.41, 5.74) is 4.61. The summed E-state index contributed by atoms with van der Waals surface area (Å²) >= 11 is 1.80. The minimum Gasteiger partial charge on any atom is -0.296 e. The molecule has 1 aromatic carbocycles. The highest BCUT2D eigenvalue weighted by Gasteiger charge is 2.34. The molecule has 3 nitrogen and oxygen atoms in total. The molecule has 2 aliphatic carbocycles. The van der Waals surface area contributed by atoms with Crippen LogP contribution in [0, 0.1) is 5.92 Å². The van der Waals surface area contributed by atoms with E-state index in [-0.39, 0.29) is 5.92 Å². The molecule has 3 aromatic heterocycles. The van der Waals surface area contributed by atoms with E-state index in [0.29, 0.717) is 17.6 Å². The molecule has 0 atom stereocenters. The second-order valence-electron chi connectivity index (χ2n) is 8.73. The number of hydrogen-bond donors (Lipinski definition) is 0. The number of carbonyl (C=O) groups is 1. The van der Waals surface area contributed by atoms with Crippen molar-refractivity contribution in [2.45, 2.75) is 50.4 Å². The van der Waals surface area contributed by atoms with Crippen molar-refractivity contribution in [3.63, 3.8) is 0 Å². The SMILES string of the molecule is O=C(c1c(C2CC2)ccc2cncn12)C1CCC(c2ccc3sccc3c2)CC1. The van der Waals surface area contributed by atoms with Gasteiger partial charge in [-0.1, -0.05) is 18.2 Å². The molecule has 0 bridgehead atoms. The van der Waals surface area contributed by atoms with Crippen LogP contribution in [0.4, 0.5) is 0 Å². The van der Waals surface area contributed by atoms with Crippen LogP contribution >= 0.6 is 11.3 Å². The lowest BCUT2D eigenvalue weighted by Gasteiger charge is -2.28. The summed E-state index contributed by atoms with van der Waals surface area (Å²) in [5, 5.41) is 3.52. The Morgan fingerprint density at radius 2 is 1.79 bits per heavy atom. The van der Waals surface area contributed by atoms with Crippen molar-refractivity contribution >= 4 is 32.7 Å². The Bertz CT molecular complexity index is 1210. The van der Waals surface area contributed by atoms with Crippen molar-refractivity contribution in [2.75, 3.05) is 0 Å². The van der Waals surface area contributed by atoms with E-state index in [0.717, 1.165) is 36.9 Å². The highest BCUT2D eigenvalue weighted by molar-refractivity contribution is 7.17. The lowest BCUT2D eigenvalue weighted by atomic mass is 9.76. The molecule has 0 unspecified atom stereocenters. The Morgan fingerprint density at radius 1 is 0.966 bits per heavy atom. The quantitative estimate of drug-likeness (QED) is 0.362. The van der Waals surface area contributed by atoms with E-state index in [1.807, 2.05) is 16.9 Å². The third kappa shape index (κ3) is 3.01. The minimum absolute atomic E-state index is 0.140. The number of hydrogen-bond acceptors (Lipinski definition) is 3. The highest BCUT2D eigenvalue weighted by Crippen LogP contribution is 2.44. The second kappa shape index (κ2) is 6.81. The van der Waals surface area contributed by atoms with Crippen LogP contribution < -0.4 is 0 Å². The van der Waals surface area contributed by atoms with Gasteiger partial charge in [0.2, 0.25) is 0 Å². The minimum atomic E-state index is 0.140. The van der Waals surface area contributed by atoms with Gasteiger partial charge in [-0.15, -0.1) is 11.3 Å². The van der Waals surface area contributed by atoms with Crippen LogP contribution in [0.5, 0.6) is 0 Å². The van der Waals surface area contributed by atoms with Gasteiger partial charge in [-0.3, -0.25) is 9.20 Å². The molecule has 146 valence electrons. The number of ketones is 1. The summed E-state index contributed by atoms with van der Waals surface area (Å²) in [6.07, 6.45) is 10.3. The summed E-state index contributed by atoms with van der Waals surface area (Å²) in [7, 11) is 0. The molecule has 0 N–H and O–H groups in total. The molecule has 0 saturated heterocycles. The van der Waals surface area contributed by atoms with Crippen LogP contribution in [0.15, 0.2) is 54.3 Å². The maximum absolute atomic E-state index is 13.6. The molecule has 2 fully saturated rings. The molecule has 4 aromatic rings. The molecule has 0 aliphatic heterocycles. The van der Waals surface area contributed by atoms with Gasteiger partial charge in [0.05, 0.1) is 23.7 Å². The molecule has 3 heterocycles. The van der Waals surface area contributed by atoms with Crippen LogP contribution in [0.2, 0.25) is 0 Å². The predicted molar refractivity (Wildman–Crippen MR) is 118 cm³/mol. The number of carbonyl (C=O) groups excluding carboxylic acids is 1. The van der Waals surface area contributed by atoms with E-state index in [1.165, 1.54) is 34.1 Å². The van der Waals surface area contributed by atoms with Crippen molar-refractivity contribution in [1.82, 2.24) is 9.38 Å². The van der Waals surface area contributed by atoms with Crippen molar-refractivity contribution in [3.8, 4) is 0 Å². The molecule has 6 rings (SSSR count). The van der Waals surface area contributed by atoms with Gasteiger partial charge in [-0.25, -0.2) is 4.98 Å². The van der Waals surface area contributed by atoms with Gasteiger partial charge in [0.15, 0.2) is 5.78 Å². The number of imidazole rings is 1. The van der Waals surface area contributed by atoms with Crippen molar-refractivity contribution < 1.29 is 4.79 Å². The number of aromatic nitrogens is 2. The summed E-state index contributed by atoms with van der Waals surface area (Å²) in [6, 6.07) is 13.4. The van der Waals surface area contributed by atoms with Gasteiger partial charge < -0.3 is 0 Å². The molecule has 0 amide bonds. The zero-order valence-corrected chi connectivity index (χ0v) is 17.2. The molecular weight excluding hydrogens is 376 g/mol. The Balaban J connectivity index is 1.25. The van der Waals surface area contributed by atoms with E-state index >= 15 is 0 Å². The molecule has 29 heavy (non-hydrogen) atoms. The van der Waals surface area contributed by atoms with Gasteiger partial charge in [0, 0.05) is 10.6 Å². The van der Waals surface area contributed by atoms with Gasteiger partial charge in [-0.2, -0.15) is 0 Å². The van der Waals surface area contributed by atoms with Crippen LogP contribution in [0.3, 0.4) is 0 Å². The summed E-state index contributed by atoms with van der Waals surface area (Å²) < 4.78 is 3.39. The summed E-state index contributed by atoms with van der Waals surface area (Å²) in [4.78, 5) is 17.9. The van der Waals surface area contributed by atoms with E-state index in [4.69, 9.17) is 0 Å². The van der Waals surface area contributed by atoms with Crippen molar-refractivity contribution in [2.24, 2.45) is 5.92 Å². The van der Waals surface area contributed by atoms with Crippen molar-refractivity contribution in [1.29, 1.82) is 0 Å². The smallest absolute Gasteiger partial charge is 0.182 e. The summed E-state index contributed by atoms with van der Waals surface area (Å²) in [6.45, 7) is 0. The van der Waals surface area contributed by atoms with Crippen LogP contribution in [-0.2, 0) is 0 Å². The second-order valence-corrected chi connectivity index (χ2v) is 9.68. The van der Waals surface area contributed by atoms with Crippen LogP contribution in [0.25, 0.3) is 15.6 Å². The lowest BCUT2D eigenvalue weighted by molar-refractivity contribution is 0.0876. The molecule has 0 spiro atoms. The fourth-order valence-electron chi connectivity index (χ4n) is 5.11. The van der Waals surface area contributed by atoms with Gasteiger partial charge in [0.1, 0.15) is 0 Å². The van der Waals surface area contributed by atoms with E-state index in [9.17, 15) is 4.79 Å². The van der Waals surface area contributed by atoms with Gasteiger partial charge in [0.25, 0.3) is 0 Å². The van der Waals surface area contributed by atoms with Gasteiger partial charge >= 0.3 is 0 Å². The first-order chi connectivity index (χ1) is 14.3. The Morgan fingerprint density at radius 3 is 2.62 bits per heavy atom. The standard InChI is InChI=1S/C25H24N2OS/c28-25(24-22(17-3-4-17)9-8-21-14-26-15-27(21)24)18-5-1-16(2-6-18)19-7-10-23-20(13-19)11-12-29-23/h7-18H,1-6H2. The monoisotopic (exact) mass is 400 g/mol. The topological polar surface area (TPSA) is 34.4 Å². The molecule has 0 radical (unpaired) electrons. The van der Waals surface area contributed by atoms with E-state index < -0.39 is 0 Å². The average molecular weight is 401 g/mol. The van der Waals surface area contributed by atoms with Crippen LogP contribution in [0.1, 0.15) is 72.0 Å². The molecule has 2 aliphatic rings. The molecule has 2 saturated carbocycles. The highest BCUT2D eigenvalue weighted by atomic mass is 32.1.